The molecule has 2 aromatic carbocycles. The Labute approximate surface area is 156 Å². The summed E-state index contributed by atoms with van der Waals surface area (Å²) in [6, 6.07) is 14.5. The fraction of sp³-hybridized carbons (Fsp3) is 0.364. The first kappa shape index (κ1) is 19.7. The first-order valence-corrected chi connectivity index (χ1v) is 9.07. The molecule has 0 aromatic heterocycles. The Morgan fingerprint density at radius 2 is 1.50 bits per heavy atom. The van der Waals surface area contributed by atoms with Gasteiger partial charge in [0.05, 0.1) is 0 Å². The number of aryl methyl sites for hydroxylation is 1. The zero-order chi connectivity index (χ0) is 19.3. The number of hydrogen-bond acceptors (Lipinski definition) is 2. The fourth-order valence-electron chi connectivity index (χ4n) is 2.91. The summed E-state index contributed by atoms with van der Waals surface area (Å²) in [5, 5.41) is 5.88. The fourth-order valence-corrected chi connectivity index (χ4v) is 2.91. The average molecular weight is 352 g/mol. The Hall–Kier alpha value is -2.62. The summed E-state index contributed by atoms with van der Waals surface area (Å²) in [5.74, 6) is -0.163. The molecule has 0 aliphatic rings. The van der Waals surface area contributed by atoms with E-state index in [0.717, 1.165) is 16.8 Å². The van der Waals surface area contributed by atoms with E-state index in [2.05, 4.69) is 24.5 Å². The zero-order valence-corrected chi connectivity index (χ0v) is 16.2. The predicted octanol–water partition coefficient (Wildman–Crippen LogP) is 4.51. The third kappa shape index (κ3) is 4.72. The highest BCUT2D eigenvalue weighted by Crippen LogP contribution is 2.24. The van der Waals surface area contributed by atoms with Gasteiger partial charge in [-0.3, -0.25) is 9.59 Å². The van der Waals surface area contributed by atoms with Crippen LogP contribution in [0.25, 0.3) is 0 Å². The molecule has 2 rings (SSSR count). The number of benzene rings is 2. The molecule has 0 saturated carbocycles. The molecule has 0 aliphatic carbocycles. The molecule has 26 heavy (non-hydrogen) atoms. The van der Waals surface area contributed by atoms with Crippen molar-refractivity contribution in [3.05, 3.63) is 65.2 Å². The van der Waals surface area contributed by atoms with Crippen molar-refractivity contribution in [1.29, 1.82) is 0 Å². The van der Waals surface area contributed by atoms with E-state index in [-0.39, 0.29) is 17.7 Å². The lowest BCUT2D eigenvalue weighted by atomic mass is 9.99. The second-order valence-corrected chi connectivity index (χ2v) is 7.24. The zero-order valence-electron chi connectivity index (χ0n) is 16.2. The van der Waals surface area contributed by atoms with Crippen LogP contribution < -0.4 is 10.6 Å². The molecule has 2 N–H and O–H groups in total. The molecular formula is C22H28N2O2. The number of nitrogens with one attached hydrogen (secondary N) is 2. The van der Waals surface area contributed by atoms with Gasteiger partial charge in [-0.1, -0.05) is 64.1 Å². The van der Waals surface area contributed by atoms with Crippen LogP contribution in [-0.4, -0.2) is 17.9 Å². The van der Waals surface area contributed by atoms with E-state index in [0.29, 0.717) is 11.5 Å². The summed E-state index contributed by atoms with van der Waals surface area (Å²) in [6.45, 7) is 9.92. The monoisotopic (exact) mass is 352 g/mol. The van der Waals surface area contributed by atoms with Crippen LogP contribution in [0.1, 0.15) is 55.1 Å². The minimum Gasteiger partial charge on any atom is -0.340 e. The number of carbonyl (C=O) groups excluding carboxylic acids is 2. The van der Waals surface area contributed by atoms with Crippen molar-refractivity contribution < 1.29 is 9.59 Å². The van der Waals surface area contributed by atoms with Gasteiger partial charge >= 0.3 is 0 Å². The molecule has 4 heteroatoms. The van der Waals surface area contributed by atoms with E-state index >= 15 is 0 Å². The van der Waals surface area contributed by atoms with E-state index in [1.54, 1.807) is 6.07 Å². The molecular weight excluding hydrogens is 324 g/mol. The molecule has 0 fully saturated rings. The van der Waals surface area contributed by atoms with Crippen molar-refractivity contribution in [1.82, 2.24) is 5.32 Å². The third-order valence-electron chi connectivity index (χ3n) is 4.47. The molecule has 0 saturated heterocycles. The van der Waals surface area contributed by atoms with Gasteiger partial charge in [0, 0.05) is 11.3 Å². The van der Waals surface area contributed by atoms with Crippen LogP contribution >= 0.6 is 0 Å². The molecule has 2 amide bonds. The van der Waals surface area contributed by atoms with Gasteiger partial charge in [-0.15, -0.1) is 0 Å². The second kappa shape index (κ2) is 8.65. The highest BCUT2D eigenvalue weighted by atomic mass is 16.2. The van der Waals surface area contributed by atoms with E-state index in [9.17, 15) is 9.59 Å². The van der Waals surface area contributed by atoms with E-state index in [1.807, 2.05) is 63.2 Å². The molecule has 0 unspecified atom stereocenters. The Bertz CT molecular complexity index is 781. The maximum Gasteiger partial charge on any atom is 0.252 e. The summed E-state index contributed by atoms with van der Waals surface area (Å²) < 4.78 is 0. The largest absolute Gasteiger partial charge is 0.340 e. The molecule has 138 valence electrons. The number of carbonyl (C=O) groups is 2. The van der Waals surface area contributed by atoms with Gasteiger partial charge in [0.15, 0.2) is 0 Å². The standard InChI is InChI=1S/C22H28N2O2/c1-14(2)17-11-8-9-13-19(17)23-22(26)20(15(3)4)24-21(25)18-12-7-6-10-16(18)5/h6-15,20H,1-5H3,(H,23,26)(H,24,25)/t20-/m1/s1. The summed E-state index contributed by atoms with van der Waals surface area (Å²) in [6.07, 6.45) is 0. The van der Waals surface area contributed by atoms with Crippen molar-refractivity contribution in [2.24, 2.45) is 5.92 Å². The molecule has 1 atom stereocenters. The Morgan fingerprint density at radius 3 is 2.12 bits per heavy atom. The second-order valence-electron chi connectivity index (χ2n) is 7.24. The summed E-state index contributed by atoms with van der Waals surface area (Å²) in [4.78, 5) is 25.5. The predicted molar refractivity (Wildman–Crippen MR) is 106 cm³/mol. The van der Waals surface area contributed by atoms with Gasteiger partial charge in [-0.2, -0.15) is 0 Å². The van der Waals surface area contributed by atoms with Crippen LogP contribution in [0.5, 0.6) is 0 Å². The lowest BCUT2D eigenvalue weighted by molar-refractivity contribution is -0.118. The number of rotatable bonds is 6. The number of para-hydroxylation sites is 1. The molecule has 0 aliphatic heterocycles. The van der Waals surface area contributed by atoms with Crippen molar-refractivity contribution >= 4 is 17.5 Å². The molecule has 0 spiro atoms. The van der Waals surface area contributed by atoms with Crippen LogP contribution in [-0.2, 0) is 4.79 Å². The number of hydrogen-bond donors (Lipinski definition) is 2. The molecule has 0 radical (unpaired) electrons. The van der Waals surface area contributed by atoms with Crippen LogP contribution in [0.4, 0.5) is 5.69 Å². The van der Waals surface area contributed by atoms with Crippen molar-refractivity contribution in [2.45, 2.75) is 46.6 Å². The van der Waals surface area contributed by atoms with Gasteiger partial charge in [-0.25, -0.2) is 0 Å². The van der Waals surface area contributed by atoms with Gasteiger partial charge in [0.2, 0.25) is 5.91 Å². The summed E-state index contributed by atoms with van der Waals surface area (Å²) >= 11 is 0. The summed E-state index contributed by atoms with van der Waals surface area (Å²) in [7, 11) is 0. The van der Waals surface area contributed by atoms with Gasteiger partial charge in [0.1, 0.15) is 6.04 Å². The smallest absolute Gasteiger partial charge is 0.252 e. The lowest BCUT2D eigenvalue weighted by Crippen LogP contribution is -2.47. The quantitative estimate of drug-likeness (QED) is 0.803. The van der Waals surface area contributed by atoms with E-state index in [4.69, 9.17) is 0 Å². The van der Waals surface area contributed by atoms with E-state index in [1.165, 1.54) is 0 Å². The topological polar surface area (TPSA) is 58.2 Å². The summed E-state index contributed by atoms with van der Waals surface area (Å²) in [5.41, 5.74) is 3.35. The van der Waals surface area contributed by atoms with Crippen LogP contribution in [0.15, 0.2) is 48.5 Å². The maximum atomic E-state index is 12.9. The number of anilines is 1. The highest BCUT2D eigenvalue weighted by Gasteiger charge is 2.26. The van der Waals surface area contributed by atoms with Gasteiger partial charge < -0.3 is 10.6 Å². The molecule has 0 bridgehead atoms. The third-order valence-corrected chi connectivity index (χ3v) is 4.47. The molecule has 2 aromatic rings. The highest BCUT2D eigenvalue weighted by molar-refractivity contribution is 6.02. The SMILES string of the molecule is Cc1ccccc1C(=O)N[C@@H](C(=O)Nc1ccccc1C(C)C)C(C)C. The Balaban J connectivity index is 2.18. The minimum atomic E-state index is -0.609. The average Bonchev–Trinajstić information content (AvgIpc) is 2.59. The van der Waals surface area contributed by atoms with Crippen molar-refractivity contribution in [2.75, 3.05) is 5.32 Å². The van der Waals surface area contributed by atoms with Crippen LogP contribution in [0, 0.1) is 12.8 Å². The Morgan fingerprint density at radius 1 is 0.885 bits per heavy atom. The van der Waals surface area contributed by atoms with Crippen molar-refractivity contribution in [3.63, 3.8) is 0 Å². The first-order chi connectivity index (χ1) is 12.3. The molecule has 0 heterocycles. The minimum absolute atomic E-state index is 0.0332. The van der Waals surface area contributed by atoms with Gasteiger partial charge in [-0.05, 0) is 42.0 Å². The number of amides is 2. The van der Waals surface area contributed by atoms with Gasteiger partial charge in [0.25, 0.3) is 5.91 Å². The Kier molecular flexibility index (Phi) is 6.56. The van der Waals surface area contributed by atoms with Crippen LogP contribution in [0.2, 0.25) is 0 Å². The normalized spacial score (nSPS) is 12.1. The molecule has 4 nitrogen and oxygen atoms in total. The maximum absolute atomic E-state index is 12.9. The first-order valence-electron chi connectivity index (χ1n) is 9.07. The van der Waals surface area contributed by atoms with Crippen LogP contribution in [0.3, 0.4) is 0 Å². The van der Waals surface area contributed by atoms with Crippen molar-refractivity contribution in [3.8, 4) is 0 Å². The lowest BCUT2D eigenvalue weighted by Gasteiger charge is -2.23. The van der Waals surface area contributed by atoms with E-state index < -0.39 is 6.04 Å².